The van der Waals surface area contributed by atoms with Gasteiger partial charge in [-0.05, 0) is 56.2 Å². The lowest BCUT2D eigenvalue weighted by molar-refractivity contribution is 0.0295. The average molecular weight is 352 g/mol. The van der Waals surface area contributed by atoms with Crippen LogP contribution < -0.4 is 0 Å². The van der Waals surface area contributed by atoms with Gasteiger partial charge in [-0.2, -0.15) is 0 Å². The van der Waals surface area contributed by atoms with Crippen LogP contribution in [-0.2, 0) is 24.1 Å². The molecule has 2 heterocycles. The molecule has 2 aromatic rings. The van der Waals surface area contributed by atoms with Gasteiger partial charge in [-0.1, -0.05) is 29.8 Å². The number of hydrogen-bond acceptors (Lipinski definition) is 2. The van der Waals surface area contributed by atoms with Gasteiger partial charge in [0.05, 0.1) is 13.2 Å². The summed E-state index contributed by atoms with van der Waals surface area (Å²) in [6.07, 6.45) is 4.63. The first-order valence-corrected chi connectivity index (χ1v) is 9.78. The lowest BCUT2D eigenvalue weighted by atomic mass is 9.95. The molecule has 0 bridgehead atoms. The lowest BCUT2D eigenvalue weighted by Gasteiger charge is -2.28. The van der Waals surface area contributed by atoms with Crippen molar-refractivity contribution >= 4 is 5.91 Å². The van der Waals surface area contributed by atoms with E-state index in [0.29, 0.717) is 26.3 Å². The molecule has 0 radical (unpaired) electrons. The van der Waals surface area contributed by atoms with Crippen LogP contribution in [0, 0.1) is 13.8 Å². The van der Waals surface area contributed by atoms with E-state index in [0.717, 1.165) is 25.1 Å². The summed E-state index contributed by atoms with van der Waals surface area (Å²) < 4.78 is 7.75. The van der Waals surface area contributed by atoms with Crippen LogP contribution in [0.4, 0.5) is 0 Å². The van der Waals surface area contributed by atoms with E-state index >= 15 is 0 Å². The van der Waals surface area contributed by atoms with Crippen LogP contribution in [0.15, 0.2) is 24.3 Å². The van der Waals surface area contributed by atoms with Crippen LogP contribution in [0.5, 0.6) is 0 Å². The molecule has 0 atom stereocenters. The highest BCUT2D eigenvalue weighted by Crippen LogP contribution is 2.31. The van der Waals surface area contributed by atoms with E-state index in [2.05, 4.69) is 42.7 Å². The molecule has 1 aromatic heterocycles. The van der Waals surface area contributed by atoms with Crippen LogP contribution in [-0.4, -0.2) is 41.7 Å². The Bertz CT molecular complexity index is 799. The van der Waals surface area contributed by atoms with E-state index in [4.69, 9.17) is 4.74 Å². The topological polar surface area (TPSA) is 34.5 Å². The van der Waals surface area contributed by atoms with Crippen molar-refractivity contribution in [2.75, 3.05) is 26.3 Å². The Kier molecular flexibility index (Phi) is 4.86. The smallest absolute Gasteiger partial charge is 0.270 e. The van der Waals surface area contributed by atoms with Gasteiger partial charge in [-0.25, -0.2) is 0 Å². The fraction of sp³-hybridized carbons (Fsp3) is 0.500. The third-order valence-corrected chi connectivity index (χ3v) is 5.80. The minimum atomic E-state index is 0.173. The van der Waals surface area contributed by atoms with Crippen LogP contribution in [0.25, 0.3) is 0 Å². The number of rotatable bonds is 3. The minimum absolute atomic E-state index is 0.173. The van der Waals surface area contributed by atoms with Gasteiger partial charge < -0.3 is 14.2 Å². The van der Waals surface area contributed by atoms with Gasteiger partial charge in [0.1, 0.15) is 5.69 Å². The molecule has 0 saturated carbocycles. The van der Waals surface area contributed by atoms with Crippen LogP contribution in [0.3, 0.4) is 0 Å². The maximum Gasteiger partial charge on any atom is 0.270 e. The quantitative estimate of drug-likeness (QED) is 0.847. The van der Waals surface area contributed by atoms with Crippen molar-refractivity contribution in [3.63, 3.8) is 0 Å². The molecule has 1 aromatic carbocycles. The molecule has 1 aliphatic carbocycles. The molecule has 1 amide bonds. The summed E-state index contributed by atoms with van der Waals surface area (Å²) >= 11 is 0. The maximum absolute atomic E-state index is 13.4. The zero-order valence-corrected chi connectivity index (χ0v) is 15.9. The number of nitrogens with zero attached hydrogens (tertiary/aromatic N) is 2. The van der Waals surface area contributed by atoms with Crippen LogP contribution in [0.2, 0.25) is 0 Å². The third kappa shape index (κ3) is 3.18. The fourth-order valence-electron chi connectivity index (χ4n) is 4.31. The van der Waals surface area contributed by atoms with Gasteiger partial charge in [0.25, 0.3) is 5.91 Å². The highest BCUT2D eigenvalue weighted by atomic mass is 16.5. The van der Waals surface area contributed by atoms with E-state index < -0.39 is 0 Å². The number of morpholine rings is 1. The number of ether oxygens (including phenoxy) is 1. The predicted molar refractivity (Wildman–Crippen MR) is 103 cm³/mol. The van der Waals surface area contributed by atoms with Crippen molar-refractivity contribution in [1.82, 2.24) is 9.47 Å². The van der Waals surface area contributed by atoms with E-state index in [-0.39, 0.29) is 5.91 Å². The van der Waals surface area contributed by atoms with Crippen molar-refractivity contribution < 1.29 is 9.53 Å². The average Bonchev–Trinajstić information content (AvgIpc) is 2.96. The molecule has 0 N–H and O–H groups in total. The van der Waals surface area contributed by atoms with E-state index in [1.165, 1.54) is 40.8 Å². The van der Waals surface area contributed by atoms with E-state index in [1.807, 2.05) is 4.90 Å². The summed E-state index contributed by atoms with van der Waals surface area (Å²) in [6.45, 7) is 7.70. The second-order valence-corrected chi connectivity index (χ2v) is 7.58. The van der Waals surface area contributed by atoms with Crippen molar-refractivity contribution in [2.45, 2.75) is 46.1 Å². The molecule has 0 spiro atoms. The highest BCUT2D eigenvalue weighted by Gasteiger charge is 2.29. The molecule has 1 aliphatic heterocycles. The van der Waals surface area contributed by atoms with E-state index in [9.17, 15) is 4.79 Å². The van der Waals surface area contributed by atoms with Crippen LogP contribution in [0.1, 0.15) is 51.3 Å². The number of fused-ring (bicyclic) bond motifs is 1. The molecule has 26 heavy (non-hydrogen) atoms. The molecule has 4 nitrogen and oxygen atoms in total. The summed E-state index contributed by atoms with van der Waals surface area (Å²) in [7, 11) is 0. The Morgan fingerprint density at radius 1 is 1.04 bits per heavy atom. The zero-order valence-electron chi connectivity index (χ0n) is 15.9. The van der Waals surface area contributed by atoms with Gasteiger partial charge >= 0.3 is 0 Å². The monoisotopic (exact) mass is 352 g/mol. The molecule has 1 fully saturated rings. The Morgan fingerprint density at radius 2 is 1.73 bits per heavy atom. The highest BCUT2D eigenvalue weighted by molar-refractivity contribution is 5.95. The third-order valence-electron chi connectivity index (χ3n) is 5.80. The number of benzene rings is 1. The number of aromatic nitrogens is 1. The Balaban J connectivity index is 1.75. The molecule has 4 rings (SSSR count). The largest absolute Gasteiger partial charge is 0.378 e. The number of carbonyl (C=O) groups excluding carboxylic acids is 1. The number of hydrogen-bond donors (Lipinski definition) is 0. The first kappa shape index (κ1) is 17.3. The molecule has 2 aliphatic rings. The van der Waals surface area contributed by atoms with Crippen LogP contribution >= 0.6 is 0 Å². The number of aryl methyl sites for hydroxylation is 1. The molecular formula is C22H28N2O2. The Labute approximate surface area is 155 Å². The van der Waals surface area contributed by atoms with Gasteiger partial charge in [-0.15, -0.1) is 0 Å². The lowest BCUT2D eigenvalue weighted by Crippen LogP contribution is -2.41. The molecule has 0 unspecified atom stereocenters. The summed E-state index contributed by atoms with van der Waals surface area (Å²) in [5.74, 6) is 0.173. The Hall–Kier alpha value is -2.07. The molecule has 1 saturated heterocycles. The summed E-state index contributed by atoms with van der Waals surface area (Å²) in [5, 5.41) is 0. The normalized spacial score (nSPS) is 17.2. The summed E-state index contributed by atoms with van der Waals surface area (Å²) in [5.41, 5.74) is 7.42. The number of carbonyl (C=O) groups is 1. The van der Waals surface area contributed by atoms with Crippen molar-refractivity contribution in [3.8, 4) is 0 Å². The summed E-state index contributed by atoms with van der Waals surface area (Å²) in [4.78, 5) is 15.3. The molecule has 138 valence electrons. The maximum atomic E-state index is 13.4. The van der Waals surface area contributed by atoms with Crippen molar-refractivity contribution in [3.05, 3.63) is 57.9 Å². The minimum Gasteiger partial charge on any atom is -0.378 e. The Morgan fingerprint density at radius 3 is 2.46 bits per heavy atom. The first-order valence-electron chi connectivity index (χ1n) is 9.78. The predicted octanol–water partition coefficient (Wildman–Crippen LogP) is 3.50. The van der Waals surface area contributed by atoms with Gasteiger partial charge in [0.2, 0.25) is 0 Å². The van der Waals surface area contributed by atoms with Gasteiger partial charge in [0, 0.05) is 25.3 Å². The second-order valence-electron chi connectivity index (χ2n) is 7.58. The summed E-state index contributed by atoms with van der Waals surface area (Å²) in [6, 6.07) is 8.68. The fourth-order valence-corrected chi connectivity index (χ4v) is 4.31. The first-order chi connectivity index (χ1) is 12.6. The van der Waals surface area contributed by atoms with E-state index in [1.54, 1.807) is 0 Å². The second kappa shape index (κ2) is 7.28. The molecular weight excluding hydrogens is 324 g/mol. The standard InChI is InChI=1S/C22H28N2O2/c1-16-7-9-18(10-8-16)15-24-20-6-4-3-5-19(20)17(2)21(24)22(25)23-11-13-26-14-12-23/h7-10H,3-6,11-15H2,1-2H3. The van der Waals surface area contributed by atoms with Gasteiger partial charge in [-0.3, -0.25) is 4.79 Å². The van der Waals surface area contributed by atoms with Gasteiger partial charge in [0.15, 0.2) is 0 Å². The zero-order chi connectivity index (χ0) is 18.1. The SMILES string of the molecule is Cc1ccc(Cn2c3c(c(C)c2C(=O)N2CCOCC2)CCCC3)cc1. The number of amides is 1. The van der Waals surface area contributed by atoms with Crippen molar-refractivity contribution in [2.24, 2.45) is 0 Å². The van der Waals surface area contributed by atoms with Crippen molar-refractivity contribution in [1.29, 1.82) is 0 Å². The molecule has 4 heteroatoms.